The first-order chi connectivity index (χ1) is 11.6. The Balaban J connectivity index is 1.73. The molecule has 2 aromatic rings. The number of hydrogen-bond acceptors (Lipinski definition) is 3. The summed E-state index contributed by atoms with van der Waals surface area (Å²) in [6, 6.07) is 6.04. The number of halogens is 1. The highest BCUT2D eigenvalue weighted by molar-refractivity contribution is 7.99. The molecule has 6 heteroatoms. The molecular formula is C18H22ClN3OS. The number of thioether (sulfide) groups is 1. The van der Waals surface area contributed by atoms with Crippen molar-refractivity contribution in [3.63, 3.8) is 0 Å². The van der Waals surface area contributed by atoms with E-state index >= 15 is 0 Å². The Labute approximate surface area is 151 Å². The van der Waals surface area contributed by atoms with Gasteiger partial charge in [0.25, 0.3) is 0 Å². The molecule has 1 amide bonds. The average Bonchev–Trinajstić information content (AvgIpc) is 2.88. The van der Waals surface area contributed by atoms with Gasteiger partial charge in [-0.05, 0) is 30.8 Å². The first-order valence-corrected chi connectivity index (χ1v) is 10.0. The molecule has 0 N–H and O–H groups in total. The Morgan fingerprint density at radius 1 is 1.25 bits per heavy atom. The maximum Gasteiger partial charge on any atom is 0.242 e. The van der Waals surface area contributed by atoms with Crippen LogP contribution >= 0.6 is 23.4 Å². The Hall–Kier alpha value is -1.17. The van der Waals surface area contributed by atoms with Crippen LogP contribution in [-0.4, -0.2) is 58.5 Å². The highest BCUT2D eigenvalue weighted by Gasteiger charge is 2.25. The SMILES string of the molecule is CN1CCc2c(c3cc(Cl)ccc3n2CC(=O)N2CCSCC2)C1. The van der Waals surface area contributed by atoms with Crippen LogP contribution in [0.15, 0.2) is 18.2 Å². The number of nitrogens with zero attached hydrogens (tertiary/aromatic N) is 3. The number of amides is 1. The van der Waals surface area contributed by atoms with Crippen molar-refractivity contribution in [1.82, 2.24) is 14.4 Å². The standard InChI is InChI=1S/C18H22ClN3OS/c1-20-5-4-17-15(11-20)14-10-13(19)2-3-16(14)22(17)12-18(23)21-6-8-24-9-7-21/h2-3,10H,4-9,11-12H2,1H3. The van der Waals surface area contributed by atoms with E-state index in [2.05, 4.69) is 22.6 Å². The molecular weight excluding hydrogens is 342 g/mol. The molecule has 24 heavy (non-hydrogen) atoms. The first-order valence-electron chi connectivity index (χ1n) is 8.47. The third-order valence-electron chi connectivity index (χ3n) is 5.06. The van der Waals surface area contributed by atoms with Crippen molar-refractivity contribution >= 4 is 40.2 Å². The number of rotatable bonds is 2. The third kappa shape index (κ3) is 2.93. The van der Waals surface area contributed by atoms with Gasteiger partial charge in [-0.3, -0.25) is 4.79 Å². The lowest BCUT2D eigenvalue weighted by atomic mass is 10.1. The van der Waals surface area contributed by atoms with Crippen molar-refractivity contribution in [1.29, 1.82) is 0 Å². The van der Waals surface area contributed by atoms with Crippen LogP contribution in [-0.2, 0) is 24.3 Å². The Morgan fingerprint density at radius 3 is 2.83 bits per heavy atom. The summed E-state index contributed by atoms with van der Waals surface area (Å²) in [6.07, 6.45) is 0.987. The summed E-state index contributed by atoms with van der Waals surface area (Å²) in [7, 11) is 2.15. The fourth-order valence-corrected chi connectivity index (χ4v) is 4.86. The number of carbonyl (C=O) groups is 1. The monoisotopic (exact) mass is 363 g/mol. The summed E-state index contributed by atoms with van der Waals surface area (Å²) in [4.78, 5) is 17.1. The molecule has 0 atom stereocenters. The van der Waals surface area contributed by atoms with Gasteiger partial charge in [0.2, 0.25) is 5.91 Å². The van der Waals surface area contributed by atoms with Gasteiger partial charge in [0.15, 0.2) is 0 Å². The normalized spacial score (nSPS) is 18.8. The van der Waals surface area contributed by atoms with Gasteiger partial charge >= 0.3 is 0 Å². The molecule has 128 valence electrons. The van der Waals surface area contributed by atoms with E-state index < -0.39 is 0 Å². The average molecular weight is 364 g/mol. The second-order valence-corrected chi connectivity index (χ2v) is 8.31. The largest absolute Gasteiger partial charge is 0.339 e. The molecule has 0 radical (unpaired) electrons. The number of hydrogen-bond donors (Lipinski definition) is 0. The second kappa shape index (κ2) is 6.62. The van der Waals surface area contributed by atoms with Crippen LogP contribution in [0.3, 0.4) is 0 Å². The first kappa shape index (κ1) is 16.3. The van der Waals surface area contributed by atoms with Crippen molar-refractivity contribution in [2.45, 2.75) is 19.5 Å². The van der Waals surface area contributed by atoms with Crippen LogP contribution < -0.4 is 0 Å². The van der Waals surface area contributed by atoms with Crippen molar-refractivity contribution in [3.05, 3.63) is 34.5 Å². The Morgan fingerprint density at radius 2 is 2.04 bits per heavy atom. The predicted molar refractivity (Wildman–Crippen MR) is 101 cm³/mol. The van der Waals surface area contributed by atoms with Gasteiger partial charge in [-0.1, -0.05) is 11.6 Å². The molecule has 4 nitrogen and oxygen atoms in total. The summed E-state index contributed by atoms with van der Waals surface area (Å²) in [5.74, 6) is 2.34. The topological polar surface area (TPSA) is 28.5 Å². The highest BCUT2D eigenvalue weighted by Crippen LogP contribution is 2.32. The van der Waals surface area contributed by atoms with Crippen LogP contribution in [0.1, 0.15) is 11.3 Å². The molecule has 2 aliphatic rings. The van der Waals surface area contributed by atoms with Gasteiger partial charge in [-0.25, -0.2) is 0 Å². The van der Waals surface area contributed by atoms with E-state index in [0.717, 1.165) is 54.6 Å². The second-order valence-electron chi connectivity index (χ2n) is 6.65. The van der Waals surface area contributed by atoms with Crippen molar-refractivity contribution in [3.8, 4) is 0 Å². The maximum absolute atomic E-state index is 12.8. The minimum absolute atomic E-state index is 0.240. The number of benzene rings is 1. The number of likely N-dealkylation sites (N-methyl/N-ethyl adjacent to an activating group) is 1. The minimum Gasteiger partial charge on any atom is -0.339 e. The molecule has 2 aliphatic heterocycles. The molecule has 0 bridgehead atoms. The quantitative estimate of drug-likeness (QED) is 0.821. The van der Waals surface area contributed by atoms with Crippen molar-refractivity contribution in [2.24, 2.45) is 0 Å². The molecule has 0 unspecified atom stereocenters. The van der Waals surface area contributed by atoms with Gasteiger partial charge in [0, 0.05) is 65.7 Å². The molecule has 0 saturated carbocycles. The summed E-state index contributed by atoms with van der Waals surface area (Å²) in [5, 5.41) is 1.96. The smallest absolute Gasteiger partial charge is 0.242 e. The molecule has 1 saturated heterocycles. The van der Waals surface area contributed by atoms with Crippen LogP contribution in [0.25, 0.3) is 10.9 Å². The molecule has 1 fully saturated rings. The van der Waals surface area contributed by atoms with E-state index in [1.54, 1.807) is 0 Å². The van der Waals surface area contributed by atoms with Gasteiger partial charge in [-0.15, -0.1) is 0 Å². The van der Waals surface area contributed by atoms with Crippen LogP contribution in [0, 0.1) is 0 Å². The number of aromatic nitrogens is 1. The van der Waals surface area contributed by atoms with E-state index in [0.29, 0.717) is 6.54 Å². The van der Waals surface area contributed by atoms with Gasteiger partial charge < -0.3 is 14.4 Å². The zero-order chi connectivity index (χ0) is 16.7. The molecule has 4 rings (SSSR count). The summed E-state index contributed by atoms with van der Waals surface area (Å²) in [5.41, 5.74) is 3.78. The van der Waals surface area contributed by atoms with Crippen molar-refractivity contribution in [2.75, 3.05) is 38.2 Å². The van der Waals surface area contributed by atoms with Gasteiger partial charge in [-0.2, -0.15) is 11.8 Å². The Kier molecular flexibility index (Phi) is 4.50. The van der Waals surface area contributed by atoms with Crippen LogP contribution in [0.2, 0.25) is 5.02 Å². The highest BCUT2D eigenvalue weighted by atomic mass is 35.5. The molecule has 1 aromatic carbocycles. The molecule has 0 aliphatic carbocycles. The molecule has 0 spiro atoms. The summed E-state index contributed by atoms with van der Waals surface area (Å²) < 4.78 is 2.23. The lowest BCUT2D eigenvalue weighted by Gasteiger charge is -2.28. The lowest BCUT2D eigenvalue weighted by molar-refractivity contribution is -0.131. The van der Waals surface area contributed by atoms with E-state index in [9.17, 15) is 4.79 Å². The van der Waals surface area contributed by atoms with E-state index in [1.165, 1.54) is 16.6 Å². The fourth-order valence-electron chi connectivity index (χ4n) is 3.79. The van der Waals surface area contributed by atoms with E-state index in [4.69, 9.17) is 11.6 Å². The summed E-state index contributed by atoms with van der Waals surface area (Å²) >= 11 is 8.16. The molecule has 1 aromatic heterocycles. The van der Waals surface area contributed by atoms with Gasteiger partial charge in [0.05, 0.1) is 0 Å². The zero-order valence-corrected chi connectivity index (χ0v) is 15.5. The fraction of sp³-hybridized carbons (Fsp3) is 0.500. The van der Waals surface area contributed by atoms with Gasteiger partial charge in [0.1, 0.15) is 6.54 Å². The molecule has 3 heterocycles. The maximum atomic E-state index is 12.8. The zero-order valence-electron chi connectivity index (χ0n) is 13.9. The van der Waals surface area contributed by atoms with Crippen LogP contribution in [0.5, 0.6) is 0 Å². The lowest BCUT2D eigenvalue weighted by Crippen LogP contribution is -2.40. The number of fused-ring (bicyclic) bond motifs is 3. The van der Waals surface area contributed by atoms with Crippen molar-refractivity contribution < 1.29 is 4.79 Å². The number of carbonyl (C=O) groups excluding carboxylic acids is 1. The third-order valence-corrected chi connectivity index (χ3v) is 6.24. The predicted octanol–water partition coefficient (Wildman–Crippen LogP) is 2.86. The minimum atomic E-state index is 0.240. The van der Waals surface area contributed by atoms with E-state index in [-0.39, 0.29) is 5.91 Å². The Bertz CT molecular complexity index is 782. The summed E-state index contributed by atoms with van der Waals surface area (Å²) in [6.45, 7) is 4.15. The van der Waals surface area contributed by atoms with Crippen LogP contribution in [0.4, 0.5) is 0 Å². The van der Waals surface area contributed by atoms with E-state index in [1.807, 2.05) is 28.8 Å².